The van der Waals surface area contributed by atoms with Crippen molar-refractivity contribution in [2.75, 3.05) is 7.11 Å². The Labute approximate surface area is 98.0 Å². The highest BCUT2D eigenvalue weighted by Gasteiger charge is 2.15. The van der Waals surface area contributed by atoms with Gasteiger partial charge in [-0.1, -0.05) is 0 Å². The molecule has 0 fully saturated rings. The van der Waals surface area contributed by atoms with Gasteiger partial charge in [0, 0.05) is 19.3 Å². The predicted octanol–water partition coefficient (Wildman–Crippen LogP) is 1.01. The number of hydrogen-bond donors (Lipinski definition) is 1. The average Bonchev–Trinajstić information content (AvgIpc) is 2.69. The number of halogens is 1. The SMILES string of the molecule is COc1cc(C(N)c2cncc(F)c2)nn1C. The third-order valence-electron chi connectivity index (χ3n) is 2.47. The Morgan fingerprint density at radius 2 is 2.18 bits per heavy atom. The van der Waals surface area contributed by atoms with E-state index in [1.165, 1.54) is 12.3 Å². The molecule has 2 rings (SSSR count). The van der Waals surface area contributed by atoms with Gasteiger partial charge in [0.2, 0.25) is 5.88 Å². The molecule has 2 heterocycles. The number of pyridine rings is 1. The van der Waals surface area contributed by atoms with Crippen molar-refractivity contribution in [1.82, 2.24) is 14.8 Å². The van der Waals surface area contributed by atoms with E-state index in [1.54, 1.807) is 24.9 Å². The van der Waals surface area contributed by atoms with E-state index in [0.29, 0.717) is 17.1 Å². The summed E-state index contributed by atoms with van der Waals surface area (Å²) in [6.07, 6.45) is 2.66. The van der Waals surface area contributed by atoms with E-state index in [0.717, 1.165) is 6.20 Å². The van der Waals surface area contributed by atoms with Gasteiger partial charge in [-0.25, -0.2) is 9.07 Å². The summed E-state index contributed by atoms with van der Waals surface area (Å²) in [6.45, 7) is 0. The van der Waals surface area contributed by atoms with Crippen LogP contribution in [0.25, 0.3) is 0 Å². The largest absolute Gasteiger partial charge is 0.481 e. The maximum Gasteiger partial charge on any atom is 0.211 e. The summed E-state index contributed by atoms with van der Waals surface area (Å²) in [7, 11) is 3.30. The molecule has 1 unspecified atom stereocenters. The number of aromatic nitrogens is 3. The molecule has 2 N–H and O–H groups in total. The van der Waals surface area contributed by atoms with Crippen molar-refractivity contribution in [3.05, 3.63) is 41.6 Å². The second kappa shape index (κ2) is 4.50. The number of methoxy groups -OCH3 is 1. The summed E-state index contributed by atoms with van der Waals surface area (Å²) in [6, 6.07) is 2.54. The number of aryl methyl sites for hydroxylation is 1. The van der Waals surface area contributed by atoms with Crippen LogP contribution in [0.5, 0.6) is 5.88 Å². The first-order chi connectivity index (χ1) is 8.11. The van der Waals surface area contributed by atoms with Crippen LogP contribution in [0.3, 0.4) is 0 Å². The van der Waals surface area contributed by atoms with E-state index in [2.05, 4.69) is 10.1 Å². The van der Waals surface area contributed by atoms with Gasteiger partial charge in [-0.15, -0.1) is 0 Å². The van der Waals surface area contributed by atoms with Crippen molar-refractivity contribution >= 4 is 0 Å². The highest BCUT2D eigenvalue weighted by Crippen LogP contribution is 2.21. The number of ether oxygens (including phenoxy) is 1. The molecule has 0 aromatic carbocycles. The molecule has 6 heteroatoms. The Bertz CT molecular complexity index is 526. The van der Waals surface area contributed by atoms with Gasteiger partial charge in [0.25, 0.3) is 0 Å². The van der Waals surface area contributed by atoms with Crippen molar-refractivity contribution in [2.45, 2.75) is 6.04 Å². The van der Waals surface area contributed by atoms with Gasteiger partial charge < -0.3 is 10.5 Å². The Kier molecular flexibility index (Phi) is 3.06. The van der Waals surface area contributed by atoms with Crippen LogP contribution in [0.2, 0.25) is 0 Å². The Morgan fingerprint density at radius 3 is 2.76 bits per heavy atom. The van der Waals surface area contributed by atoms with Gasteiger partial charge in [0.1, 0.15) is 5.82 Å². The van der Waals surface area contributed by atoms with Crippen LogP contribution in [0.15, 0.2) is 24.5 Å². The van der Waals surface area contributed by atoms with E-state index >= 15 is 0 Å². The van der Waals surface area contributed by atoms with Crippen molar-refractivity contribution in [1.29, 1.82) is 0 Å². The van der Waals surface area contributed by atoms with Gasteiger partial charge in [-0.3, -0.25) is 4.98 Å². The topological polar surface area (TPSA) is 66.0 Å². The van der Waals surface area contributed by atoms with Crippen LogP contribution in [-0.4, -0.2) is 21.9 Å². The molecule has 0 bridgehead atoms. The maximum absolute atomic E-state index is 13.0. The van der Waals surface area contributed by atoms with E-state index in [4.69, 9.17) is 10.5 Å². The van der Waals surface area contributed by atoms with Crippen LogP contribution in [-0.2, 0) is 7.05 Å². The lowest BCUT2D eigenvalue weighted by molar-refractivity contribution is 0.373. The lowest BCUT2D eigenvalue weighted by Gasteiger charge is -2.07. The highest BCUT2D eigenvalue weighted by atomic mass is 19.1. The van der Waals surface area contributed by atoms with Gasteiger partial charge in [-0.05, 0) is 11.6 Å². The summed E-state index contributed by atoms with van der Waals surface area (Å²) in [5, 5.41) is 4.20. The van der Waals surface area contributed by atoms with Crippen LogP contribution in [0.4, 0.5) is 4.39 Å². The fourth-order valence-corrected chi connectivity index (χ4v) is 1.58. The summed E-state index contributed by atoms with van der Waals surface area (Å²) in [5.74, 6) is 0.181. The molecular weight excluding hydrogens is 223 g/mol. The molecule has 0 amide bonds. The third-order valence-corrected chi connectivity index (χ3v) is 2.47. The molecule has 0 saturated carbocycles. The first-order valence-corrected chi connectivity index (χ1v) is 5.05. The van der Waals surface area contributed by atoms with Crippen molar-refractivity contribution in [3.63, 3.8) is 0 Å². The molecule has 17 heavy (non-hydrogen) atoms. The molecule has 0 aliphatic heterocycles. The number of rotatable bonds is 3. The maximum atomic E-state index is 13.0. The summed E-state index contributed by atoms with van der Waals surface area (Å²) < 4.78 is 19.7. The third kappa shape index (κ3) is 2.26. The first kappa shape index (κ1) is 11.5. The number of nitrogens with zero attached hydrogens (tertiary/aromatic N) is 3. The van der Waals surface area contributed by atoms with Crippen LogP contribution < -0.4 is 10.5 Å². The molecule has 0 spiro atoms. The van der Waals surface area contributed by atoms with E-state index in [1.807, 2.05) is 0 Å². The standard InChI is InChI=1S/C11H13FN4O/c1-16-10(17-2)4-9(15-16)11(13)7-3-8(12)6-14-5-7/h3-6,11H,13H2,1-2H3. The van der Waals surface area contributed by atoms with Gasteiger partial charge >= 0.3 is 0 Å². The van der Waals surface area contributed by atoms with Gasteiger partial charge in [0.15, 0.2) is 0 Å². The van der Waals surface area contributed by atoms with E-state index in [9.17, 15) is 4.39 Å². The zero-order chi connectivity index (χ0) is 12.4. The first-order valence-electron chi connectivity index (χ1n) is 5.05. The minimum Gasteiger partial charge on any atom is -0.481 e. The molecule has 2 aromatic heterocycles. The fraction of sp³-hybridized carbons (Fsp3) is 0.273. The molecular formula is C11H13FN4O. The fourth-order valence-electron chi connectivity index (χ4n) is 1.58. The lowest BCUT2D eigenvalue weighted by Crippen LogP contribution is -2.13. The molecule has 0 aliphatic carbocycles. The Hall–Kier alpha value is -1.95. The Morgan fingerprint density at radius 1 is 1.41 bits per heavy atom. The van der Waals surface area contributed by atoms with Crippen LogP contribution >= 0.6 is 0 Å². The Balaban J connectivity index is 2.33. The van der Waals surface area contributed by atoms with E-state index in [-0.39, 0.29) is 0 Å². The smallest absolute Gasteiger partial charge is 0.211 e. The van der Waals surface area contributed by atoms with Crippen molar-refractivity contribution < 1.29 is 9.13 Å². The molecule has 1 atom stereocenters. The average molecular weight is 236 g/mol. The summed E-state index contributed by atoms with van der Waals surface area (Å²) in [5.41, 5.74) is 7.17. The van der Waals surface area contributed by atoms with Crippen LogP contribution in [0.1, 0.15) is 17.3 Å². The minimum atomic E-state index is -0.520. The molecule has 0 aliphatic rings. The second-order valence-electron chi connectivity index (χ2n) is 3.65. The second-order valence-corrected chi connectivity index (χ2v) is 3.65. The van der Waals surface area contributed by atoms with Crippen molar-refractivity contribution in [2.24, 2.45) is 12.8 Å². The molecule has 0 radical (unpaired) electrons. The number of nitrogens with two attached hydrogens (primary N) is 1. The summed E-state index contributed by atoms with van der Waals surface area (Å²) >= 11 is 0. The quantitative estimate of drug-likeness (QED) is 0.863. The lowest BCUT2D eigenvalue weighted by atomic mass is 10.1. The zero-order valence-electron chi connectivity index (χ0n) is 9.59. The monoisotopic (exact) mass is 236 g/mol. The van der Waals surface area contributed by atoms with E-state index < -0.39 is 11.9 Å². The van der Waals surface area contributed by atoms with Crippen molar-refractivity contribution in [3.8, 4) is 5.88 Å². The normalized spacial score (nSPS) is 12.5. The molecule has 90 valence electrons. The molecule has 0 saturated heterocycles. The molecule has 5 nitrogen and oxygen atoms in total. The number of hydrogen-bond acceptors (Lipinski definition) is 4. The summed E-state index contributed by atoms with van der Waals surface area (Å²) in [4.78, 5) is 3.76. The van der Waals surface area contributed by atoms with Gasteiger partial charge in [-0.2, -0.15) is 5.10 Å². The van der Waals surface area contributed by atoms with Crippen LogP contribution in [0, 0.1) is 5.82 Å². The zero-order valence-corrected chi connectivity index (χ0v) is 9.59. The van der Waals surface area contributed by atoms with Gasteiger partial charge in [0.05, 0.1) is 25.0 Å². The predicted molar refractivity (Wildman–Crippen MR) is 60.0 cm³/mol. The molecule has 2 aromatic rings. The highest BCUT2D eigenvalue weighted by molar-refractivity contribution is 5.28. The minimum absolute atomic E-state index is 0.416.